The van der Waals surface area contributed by atoms with Crippen LogP contribution >= 0.6 is 0 Å². The van der Waals surface area contributed by atoms with Crippen molar-refractivity contribution in [2.45, 2.75) is 31.7 Å². The molecule has 1 aliphatic rings. The molecule has 0 bridgehead atoms. The summed E-state index contributed by atoms with van der Waals surface area (Å²) in [5.41, 5.74) is 5.69. The number of hydrogen-bond donors (Lipinski definition) is 2. The molecule has 0 radical (unpaired) electrons. The van der Waals surface area contributed by atoms with E-state index in [2.05, 4.69) is 0 Å². The van der Waals surface area contributed by atoms with E-state index in [1.807, 2.05) is 0 Å². The van der Waals surface area contributed by atoms with Gasteiger partial charge in [0.25, 0.3) is 0 Å². The third kappa shape index (κ3) is 1.95. The molecule has 0 aromatic carbocycles. The highest BCUT2D eigenvalue weighted by atomic mass is 16.3. The molecule has 0 aromatic heterocycles. The summed E-state index contributed by atoms with van der Waals surface area (Å²) in [4.78, 5) is 0. The summed E-state index contributed by atoms with van der Waals surface area (Å²) in [6.45, 7) is 0.327. The lowest BCUT2D eigenvalue weighted by Crippen LogP contribution is -2.29. The Balaban J connectivity index is 2.23. The molecule has 9 heavy (non-hydrogen) atoms. The van der Waals surface area contributed by atoms with Crippen LogP contribution in [0.2, 0.25) is 0 Å². The fourth-order valence-corrected chi connectivity index (χ4v) is 1.50. The molecule has 54 valence electrons. The molecule has 0 spiro atoms. The zero-order valence-electron chi connectivity index (χ0n) is 5.71. The first-order valence-corrected chi connectivity index (χ1v) is 3.69. The van der Waals surface area contributed by atoms with Gasteiger partial charge in [0, 0.05) is 12.6 Å². The molecule has 0 aliphatic heterocycles. The van der Waals surface area contributed by atoms with Crippen molar-refractivity contribution in [1.29, 1.82) is 0 Å². The molecule has 0 heterocycles. The van der Waals surface area contributed by atoms with E-state index in [9.17, 15) is 0 Å². The normalized spacial score (nSPS) is 36.7. The SMILES string of the molecule is NC1CCC[C@@H](CO)C1. The maximum absolute atomic E-state index is 8.75. The van der Waals surface area contributed by atoms with E-state index < -0.39 is 0 Å². The number of hydrogen-bond acceptors (Lipinski definition) is 2. The van der Waals surface area contributed by atoms with Crippen molar-refractivity contribution in [2.24, 2.45) is 11.7 Å². The first kappa shape index (κ1) is 7.03. The highest BCUT2D eigenvalue weighted by Crippen LogP contribution is 2.21. The summed E-state index contributed by atoms with van der Waals surface area (Å²) in [6, 6.07) is 0.357. The van der Waals surface area contributed by atoms with Gasteiger partial charge in [0.1, 0.15) is 0 Å². The molecule has 2 atom stereocenters. The minimum Gasteiger partial charge on any atom is -0.396 e. The van der Waals surface area contributed by atoms with Crippen molar-refractivity contribution in [1.82, 2.24) is 0 Å². The van der Waals surface area contributed by atoms with Gasteiger partial charge in [0.05, 0.1) is 0 Å². The topological polar surface area (TPSA) is 46.2 Å². The smallest absolute Gasteiger partial charge is 0.0459 e. The molecule has 1 fully saturated rings. The Morgan fingerprint density at radius 3 is 2.67 bits per heavy atom. The predicted octanol–water partition coefficient (Wildman–Crippen LogP) is 0.496. The van der Waals surface area contributed by atoms with Crippen LogP contribution in [0.1, 0.15) is 25.7 Å². The lowest BCUT2D eigenvalue weighted by atomic mass is 9.87. The van der Waals surface area contributed by atoms with Crippen LogP contribution in [0.5, 0.6) is 0 Å². The van der Waals surface area contributed by atoms with Gasteiger partial charge in [-0.05, 0) is 25.2 Å². The minimum atomic E-state index is 0.327. The highest BCUT2D eigenvalue weighted by molar-refractivity contribution is 4.73. The standard InChI is InChI=1S/C7H15NO/c8-7-3-1-2-6(4-7)5-9/h6-7,9H,1-5,8H2/t6-,7?/m1/s1. The summed E-state index contributed by atoms with van der Waals surface area (Å²) in [5.74, 6) is 0.494. The second-order valence-electron chi connectivity index (χ2n) is 2.98. The van der Waals surface area contributed by atoms with Gasteiger partial charge in [0.15, 0.2) is 0 Å². The Kier molecular flexibility index (Phi) is 2.49. The van der Waals surface area contributed by atoms with Gasteiger partial charge in [-0.25, -0.2) is 0 Å². The van der Waals surface area contributed by atoms with Crippen LogP contribution in [0.4, 0.5) is 0 Å². The van der Waals surface area contributed by atoms with Crippen molar-refractivity contribution < 1.29 is 5.11 Å². The molecule has 0 amide bonds. The molecule has 2 nitrogen and oxygen atoms in total. The van der Waals surface area contributed by atoms with Crippen molar-refractivity contribution in [3.05, 3.63) is 0 Å². The molecular formula is C7H15NO. The van der Waals surface area contributed by atoms with Gasteiger partial charge in [-0.15, -0.1) is 0 Å². The third-order valence-corrected chi connectivity index (χ3v) is 2.08. The van der Waals surface area contributed by atoms with E-state index in [4.69, 9.17) is 10.8 Å². The lowest BCUT2D eigenvalue weighted by molar-refractivity contribution is 0.180. The average Bonchev–Trinajstić information content (AvgIpc) is 1.88. The fourth-order valence-electron chi connectivity index (χ4n) is 1.50. The largest absolute Gasteiger partial charge is 0.396 e. The van der Waals surface area contributed by atoms with Crippen LogP contribution in [0.15, 0.2) is 0 Å². The van der Waals surface area contributed by atoms with E-state index in [0.29, 0.717) is 18.6 Å². The van der Waals surface area contributed by atoms with Crippen LogP contribution in [-0.2, 0) is 0 Å². The monoisotopic (exact) mass is 129 g/mol. The highest BCUT2D eigenvalue weighted by Gasteiger charge is 2.17. The molecule has 1 aliphatic carbocycles. The van der Waals surface area contributed by atoms with E-state index in [1.54, 1.807) is 0 Å². The third-order valence-electron chi connectivity index (χ3n) is 2.08. The number of aliphatic hydroxyl groups is 1. The van der Waals surface area contributed by atoms with Crippen LogP contribution in [0, 0.1) is 5.92 Å². The Morgan fingerprint density at radius 2 is 2.22 bits per heavy atom. The molecule has 1 unspecified atom stereocenters. The van der Waals surface area contributed by atoms with Crippen molar-refractivity contribution >= 4 is 0 Å². The molecule has 0 aromatic rings. The maximum Gasteiger partial charge on any atom is 0.0459 e. The van der Waals surface area contributed by atoms with Crippen molar-refractivity contribution in [2.75, 3.05) is 6.61 Å². The minimum absolute atomic E-state index is 0.327. The fraction of sp³-hybridized carbons (Fsp3) is 1.00. The number of aliphatic hydroxyl groups excluding tert-OH is 1. The predicted molar refractivity (Wildman–Crippen MR) is 37.0 cm³/mol. The maximum atomic E-state index is 8.75. The first-order chi connectivity index (χ1) is 4.33. The lowest BCUT2D eigenvalue weighted by Gasteiger charge is -2.24. The van der Waals surface area contributed by atoms with E-state index in [-0.39, 0.29) is 0 Å². The average molecular weight is 129 g/mol. The summed E-state index contributed by atoms with van der Waals surface area (Å²) < 4.78 is 0. The Morgan fingerprint density at radius 1 is 1.44 bits per heavy atom. The quantitative estimate of drug-likeness (QED) is 0.541. The molecule has 0 saturated heterocycles. The molecule has 3 N–H and O–H groups in total. The number of nitrogens with two attached hydrogens (primary N) is 1. The first-order valence-electron chi connectivity index (χ1n) is 3.69. The van der Waals surface area contributed by atoms with E-state index in [1.165, 1.54) is 12.8 Å². The van der Waals surface area contributed by atoms with Crippen LogP contribution in [0.3, 0.4) is 0 Å². The van der Waals surface area contributed by atoms with Gasteiger partial charge in [0.2, 0.25) is 0 Å². The van der Waals surface area contributed by atoms with E-state index in [0.717, 1.165) is 12.8 Å². The zero-order valence-corrected chi connectivity index (χ0v) is 5.71. The van der Waals surface area contributed by atoms with Gasteiger partial charge < -0.3 is 10.8 Å². The molecule has 2 heteroatoms. The van der Waals surface area contributed by atoms with Crippen molar-refractivity contribution in [3.8, 4) is 0 Å². The van der Waals surface area contributed by atoms with Crippen LogP contribution in [0.25, 0.3) is 0 Å². The zero-order chi connectivity index (χ0) is 6.69. The number of rotatable bonds is 1. The molecule has 1 rings (SSSR count). The second-order valence-corrected chi connectivity index (χ2v) is 2.98. The van der Waals surface area contributed by atoms with Gasteiger partial charge >= 0.3 is 0 Å². The molecular weight excluding hydrogens is 114 g/mol. The summed E-state index contributed by atoms with van der Waals surface area (Å²) in [5, 5.41) is 8.75. The summed E-state index contributed by atoms with van der Waals surface area (Å²) in [7, 11) is 0. The van der Waals surface area contributed by atoms with Gasteiger partial charge in [-0.2, -0.15) is 0 Å². The molecule has 1 saturated carbocycles. The summed E-state index contributed by atoms with van der Waals surface area (Å²) >= 11 is 0. The van der Waals surface area contributed by atoms with E-state index >= 15 is 0 Å². The van der Waals surface area contributed by atoms with Crippen LogP contribution in [-0.4, -0.2) is 17.8 Å². The Hall–Kier alpha value is -0.0800. The Bertz CT molecular complexity index is 85.0. The van der Waals surface area contributed by atoms with Crippen LogP contribution < -0.4 is 5.73 Å². The van der Waals surface area contributed by atoms with Gasteiger partial charge in [-0.1, -0.05) is 6.42 Å². The Labute approximate surface area is 56.1 Å². The van der Waals surface area contributed by atoms with Crippen molar-refractivity contribution in [3.63, 3.8) is 0 Å². The summed E-state index contributed by atoms with van der Waals surface area (Å²) in [6.07, 6.45) is 4.55. The second kappa shape index (κ2) is 3.18. The van der Waals surface area contributed by atoms with Gasteiger partial charge in [-0.3, -0.25) is 0 Å².